The van der Waals surface area contributed by atoms with Crippen LogP contribution < -0.4 is 11.5 Å². The summed E-state index contributed by atoms with van der Waals surface area (Å²) in [5.74, 6) is -0.374. The summed E-state index contributed by atoms with van der Waals surface area (Å²) in [5.41, 5.74) is 10.8. The third kappa shape index (κ3) is 2.93. The minimum Gasteiger partial charge on any atom is -0.479 e. The average Bonchev–Trinajstić information content (AvgIpc) is 1.88. The Morgan fingerprint density at radius 1 is 1.36 bits per heavy atom. The van der Waals surface area contributed by atoms with Crippen LogP contribution in [0.25, 0.3) is 0 Å². The topological polar surface area (TPSA) is 78.3 Å². The van der Waals surface area contributed by atoms with Gasteiger partial charge in [0, 0.05) is 0 Å². The van der Waals surface area contributed by atoms with Gasteiger partial charge in [-0.3, -0.25) is 4.79 Å². The number of rotatable bonds is 4. The number of ether oxygens (including phenoxy) is 1. The normalized spacial score (nSPS) is 12.2. The smallest absolute Gasteiger partial charge is 0.249 e. The van der Waals surface area contributed by atoms with Gasteiger partial charge in [-0.05, 0) is 13.3 Å². The molecule has 0 aliphatic heterocycles. The highest BCUT2D eigenvalue weighted by Gasteiger charge is 2.07. The van der Waals surface area contributed by atoms with Crippen LogP contribution in [-0.2, 0) is 9.53 Å². The van der Waals surface area contributed by atoms with E-state index in [2.05, 4.69) is 0 Å². The lowest BCUT2D eigenvalue weighted by Crippen LogP contribution is -2.19. The summed E-state index contributed by atoms with van der Waals surface area (Å²) < 4.78 is 4.91. The molecule has 4 nitrogen and oxygen atoms in total. The minimum atomic E-state index is -0.515. The zero-order valence-electron chi connectivity index (χ0n) is 6.89. The molecule has 0 fully saturated rings. The molecule has 64 valence electrons. The summed E-state index contributed by atoms with van der Waals surface area (Å²) in [6.07, 6.45) is 0.501. The van der Waals surface area contributed by atoms with E-state index in [0.717, 1.165) is 0 Å². The minimum absolute atomic E-state index is 0.141. The zero-order chi connectivity index (χ0) is 8.85. The molecule has 0 atom stereocenters. The number of primary amides is 1. The molecular weight excluding hydrogens is 144 g/mol. The van der Waals surface area contributed by atoms with Gasteiger partial charge in [-0.25, -0.2) is 0 Å². The van der Waals surface area contributed by atoms with Gasteiger partial charge in [-0.1, -0.05) is 6.92 Å². The van der Waals surface area contributed by atoms with Crippen molar-refractivity contribution < 1.29 is 9.53 Å². The standard InChI is InChI=1S/C7H14N2O2/c1-3-5(6(8)10)7(9)11-4-2/h3-4,9H2,1-2H3,(H2,8,10). The molecule has 0 spiro atoms. The summed E-state index contributed by atoms with van der Waals surface area (Å²) in [6.45, 7) is 4.04. The lowest BCUT2D eigenvalue weighted by Gasteiger charge is -2.06. The highest BCUT2D eigenvalue weighted by Crippen LogP contribution is 2.03. The van der Waals surface area contributed by atoms with E-state index in [1.54, 1.807) is 13.8 Å². The molecule has 1 amide bonds. The Kier molecular flexibility index (Phi) is 4.10. The molecule has 0 rings (SSSR count). The molecule has 0 unspecified atom stereocenters. The van der Waals surface area contributed by atoms with Crippen molar-refractivity contribution in [2.24, 2.45) is 11.5 Å². The number of carbonyl (C=O) groups excluding carboxylic acids is 1. The van der Waals surface area contributed by atoms with Crippen molar-refractivity contribution in [3.05, 3.63) is 11.5 Å². The summed E-state index contributed by atoms with van der Waals surface area (Å²) in [4.78, 5) is 10.7. The van der Waals surface area contributed by atoms with E-state index in [-0.39, 0.29) is 5.88 Å². The van der Waals surface area contributed by atoms with Gasteiger partial charge in [0.2, 0.25) is 5.91 Å². The highest BCUT2D eigenvalue weighted by molar-refractivity contribution is 5.92. The number of nitrogens with two attached hydrogens (primary N) is 2. The maximum atomic E-state index is 10.7. The van der Waals surface area contributed by atoms with Crippen LogP contribution in [0.5, 0.6) is 0 Å². The fourth-order valence-corrected chi connectivity index (χ4v) is 0.713. The Hall–Kier alpha value is -1.19. The Morgan fingerprint density at radius 2 is 1.91 bits per heavy atom. The largest absolute Gasteiger partial charge is 0.479 e. The van der Waals surface area contributed by atoms with Crippen LogP contribution in [0.1, 0.15) is 20.3 Å². The molecule has 0 aliphatic carbocycles. The predicted octanol–water partition coefficient (Wildman–Crippen LogP) is 0.0885. The molecule has 0 aromatic heterocycles. The Labute approximate surface area is 66.2 Å². The fourth-order valence-electron chi connectivity index (χ4n) is 0.713. The fraction of sp³-hybridized carbons (Fsp3) is 0.571. The van der Waals surface area contributed by atoms with Crippen molar-refractivity contribution in [2.75, 3.05) is 6.61 Å². The van der Waals surface area contributed by atoms with Gasteiger partial charge in [-0.2, -0.15) is 0 Å². The van der Waals surface area contributed by atoms with Gasteiger partial charge in [0.1, 0.15) is 0 Å². The van der Waals surface area contributed by atoms with E-state index in [1.165, 1.54) is 0 Å². The molecule has 0 radical (unpaired) electrons. The van der Waals surface area contributed by atoms with Crippen LogP contribution in [0.3, 0.4) is 0 Å². The molecule has 4 heteroatoms. The summed E-state index contributed by atoms with van der Waals surface area (Å²) in [5, 5.41) is 0. The molecule has 4 N–H and O–H groups in total. The SMILES string of the molecule is CCOC(N)=C(CC)C(N)=O. The van der Waals surface area contributed by atoms with Crippen molar-refractivity contribution in [3.63, 3.8) is 0 Å². The summed E-state index contributed by atoms with van der Waals surface area (Å²) in [7, 11) is 0. The number of hydrogen-bond donors (Lipinski definition) is 2. The van der Waals surface area contributed by atoms with E-state index < -0.39 is 5.91 Å². The van der Waals surface area contributed by atoms with Crippen LogP contribution >= 0.6 is 0 Å². The van der Waals surface area contributed by atoms with Crippen LogP contribution in [0.2, 0.25) is 0 Å². The average molecular weight is 158 g/mol. The van der Waals surface area contributed by atoms with Gasteiger partial charge in [0.15, 0.2) is 5.88 Å². The zero-order valence-corrected chi connectivity index (χ0v) is 6.89. The second-order valence-corrected chi connectivity index (χ2v) is 1.99. The molecule has 11 heavy (non-hydrogen) atoms. The second kappa shape index (κ2) is 4.60. The van der Waals surface area contributed by atoms with Crippen molar-refractivity contribution in [2.45, 2.75) is 20.3 Å². The predicted molar refractivity (Wildman–Crippen MR) is 42.3 cm³/mol. The van der Waals surface area contributed by atoms with Gasteiger partial charge in [0.25, 0.3) is 0 Å². The van der Waals surface area contributed by atoms with E-state index in [4.69, 9.17) is 16.2 Å². The van der Waals surface area contributed by atoms with E-state index in [0.29, 0.717) is 18.6 Å². The monoisotopic (exact) mass is 158 g/mol. The van der Waals surface area contributed by atoms with Crippen molar-refractivity contribution in [3.8, 4) is 0 Å². The first-order chi connectivity index (χ1) is 5.13. The maximum absolute atomic E-state index is 10.7. The quantitative estimate of drug-likeness (QED) is 0.449. The molecule has 0 saturated carbocycles. The van der Waals surface area contributed by atoms with Crippen molar-refractivity contribution in [1.82, 2.24) is 0 Å². The molecule has 0 bridgehead atoms. The van der Waals surface area contributed by atoms with Crippen LogP contribution in [-0.4, -0.2) is 12.5 Å². The molecule has 0 aromatic carbocycles. The van der Waals surface area contributed by atoms with Crippen LogP contribution in [0.4, 0.5) is 0 Å². The van der Waals surface area contributed by atoms with Gasteiger partial charge >= 0.3 is 0 Å². The lowest BCUT2D eigenvalue weighted by molar-refractivity contribution is -0.114. The Balaban J connectivity index is 4.40. The van der Waals surface area contributed by atoms with Crippen LogP contribution in [0.15, 0.2) is 11.5 Å². The first-order valence-electron chi connectivity index (χ1n) is 3.54. The van der Waals surface area contributed by atoms with Crippen molar-refractivity contribution in [1.29, 1.82) is 0 Å². The second-order valence-electron chi connectivity index (χ2n) is 1.99. The van der Waals surface area contributed by atoms with E-state index in [9.17, 15) is 4.79 Å². The molecule has 0 saturated heterocycles. The third-order valence-corrected chi connectivity index (χ3v) is 1.25. The van der Waals surface area contributed by atoms with Gasteiger partial charge < -0.3 is 16.2 Å². The first kappa shape index (κ1) is 9.81. The number of hydrogen-bond acceptors (Lipinski definition) is 3. The Bertz CT molecular complexity index is 175. The lowest BCUT2D eigenvalue weighted by atomic mass is 10.2. The molecule has 0 aliphatic rings. The molecule has 0 aromatic rings. The van der Waals surface area contributed by atoms with Gasteiger partial charge in [0.05, 0.1) is 12.2 Å². The molecule has 0 heterocycles. The van der Waals surface area contributed by atoms with E-state index in [1.807, 2.05) is 0 Å². The van der Waals surface area contributed by atoms with Crippen LogP contribution in [0, 0.1) is 0 Å². The number of amides is 1. The Morgan fingerprint density at radius 3 is 2.18 bits per heavy atom. The van der Waals surface area contributed by atoms with E-state index >= 15 is 0 Å². The third-order valence-electron chi connectivity index (χ3n) is 1.25. The summed E-state index contributed by atoms with van der Waals surface area (Å²) >= 11 is 0. The summed E-state index contributed by atoms with van der Waals surface area (Å²) in [6, 6.07) is 0. The maximum Gasteiger partial charge on any atom is 0.249 e. The van der Waals surface area contributed by atoms with Gasteiger partial charge in [-0.15, -0.1) is 0 Å². The first-order valence-corrected chi connectivity index (χ1v) is 3.54. The molecular formula is C7H14N2O2. The highest BCUT2D eigenvalue weighted by atomic mass is 16.5. The van der Waals surface area contributed by atoms with Crippen molar-refractivity contribution >= 4 is 5.91 Å². The number of carbonyl (C=O) groups is 1.